The molecule has 1 aliphatic rings. The van der Waals surface area contributed by atoms with Gasteiger partial charge in [-0.05, 0) is 13.3 Å². The van der Waals surface area contributed by atoms with E-state index in [-0.39, 0.29) is 12.6 Å². The Balaban J connectivity index is 2.36. The Hall–Kier alpha value is 0.0600. The molecule has 1 rings (SSSR count). The average molecular weight is 242 g/mol. The van der Waals surface area contributed by atoms with Crippen molar-refractivity contribution in [3.05, 3.63) is 0 Å². The molecule has 1 saturated heterocycles. The van der Waals surface area contributed by atoms with E-state index in [0.29, 0.717) is 5.25 Å². The SMILES string of the molecule is CSC1CNCC1N(C)CCC(F)(F)F. The van der Waals surface area contributed by atoms with Crippen LogP contribution in [0.2, 0.25) is 0 Å². The molecule has 0 spiro atoms. The third-order valence-corrected chi connectivity index (χ3v) is 3.83. The van der Waals surface area contributed by atoms with Gasteiger partial charge in [0.1, 0.15) is 0 Å². The van der Waals surface area contributed by atoms with E-state index in [1.165, 1.54) is 0 Å². The fourth-order valence-electron chi connectivity index (χ4n) is 1.79. The van der Waals surface area contributed by atoms with Gasteiger partial charge in [0, 0.05) is 30.9 Å². The van der Waals surface area contributed by atoms with Crippen molar-refractivity contribution in [3.8, 4) is 0 Å². The Kier molecular flexibility index (Phi) is 4.73. The molecule has 0 aliphatic carbocycles. The number of hydrogen-bond acceptors (Lipinski definition) is 3. The number of nitrogens with one attached hydrogen (secondary N) is 1. The summed E-state index contributed by atoms with van der Waals surface area (Å²) >= 11 is 1.72. The molecule has 0 bridgehead atoms. The predicted molar refractivity (Wildman–Crippen MR) is 57.3 cm³/mol. The minimum absolute atomic E-state index is 0.0902. The van der Waals surface area contributed by atoms with Crippen LogP contribution in [0.5, 0.6) is 0 Å². The summed E-state index contributed by atoms with van der Waals surface area (Å²) in [5.74, 6) is 0. The van der Waals surface area contributed by atoms with Gasteiger partial charge >= 0.3 is 6.18 Å². The highest BCUT2D eigenvalue weighted by Gasteiger charge is 2.32. The van der Waals surface area contributed by atoms with Gasteiger partial charge in [-0.25, -0.2) is 0 Å². The summed E-state index contributed by atoms with van der Waals surface area (Å²) in [7, 11) is 1.77. The number of thioether (sulfide) groups is 1. The van der Waals surface area contributed by atoms with Gasteiger partial charge in [0.05, 0.1) is 6.42 Å². The lowest BCUT2D eigenvalue weighted by Crippen LogP contribution is -2.40. The van der Waals surface area contributed by atoms with Crippen LogP contribution in [0.15, 0.2) is 0 Å². The van der Waals surface area contributed by atoms with Crippen LogP contribution in [0.1, 0.15) is 6.42 Å². The summed E-state index contributed by atoms with van der Waals surface area (Å²) in [5.41, 5.74) is 0. The normalized spacial score (nSPS) is 27.6. The van der Waals surface area contributed by atoms with Crippen molar-refractivity contribution in [2.75, 3.05) is 32.9 Å². The molecule has 0 saturated carbocycles. The van der Waals surface area contributed by atoms with Crippen LogP contribution in [0.25, 0.3) is 0 Å². The van der Waals surface area contributed by atoms with Gasteiger partial charge in [-0.3, -0.25) is 0 Å². The van der Waals surface area contributed by atoms with Crippen LogP contribution in [0, 0.1) is 0 Å². The second-order valence-electron chi connectivity index (χ2n) is 3.85. The van der Waals surface area contributed by atoms with E-state index in [4.69, 9.17) is 0 Å². The van der Waals surface area contributed by atoms with Crippen molar-refractivity contribution >= 4 is 11.8 Å². The summed E-state index contributed by atoms with van der Waals surface area (Å²) in [6.45, 7) is 1.77. The molecule has 90 valence electrons. The molecule has 6 heteroatoms. The van der Waals surface area contributed by atoms with Gasteiger partial charge in [-0.15, -0.1) is 0 Å². The predicted octanol–water partition coefficient (Wildman–Crippen LogP) is 1.57. The largest absolute Gasteiger partial charge is 0.390 e. The van der Waals surface area contributed by atoms with E-state index in [1.54, 1.807) is 18.8 Å². The standard InChI is InChI=1S/C9H17F3N2S/c1-14(4-3-9(10,11)12)7-5-13-6-8(7)15-2/h7-8,13H,3-6H2,1-2H3. The van der Waals surface area contributed by atoms with Gasteiger partial charge in [-0.2, -0.15) is 24.9 Å². The Bertz CT molecular complexity index is 198. The summed E-state index contributed by atoms with van der Waals surface area (Å²) < 4.78 is 36.1. The number of halogens is 3. The molecule has 0 radical (unpaired) electrons. The Morgan fingerprint density at radius 2 is 2.07 bits per heavy atom. The van der Waals surface area contributed by atoms with Crippen molar-refractivity contribution in [2.24, 2.45) is 0 Å². The first-order valence-corrected chi connectivity index (χ1v) is 6.23. The highest BCUT2D eigenvalue weighted by Crippen LogP contribution is 2.23. The van der Waals surface area contributed by atoms with Crippen molar-refractivity contribution < 1.29 is 13.2 Å². The Morgan fingerprint density at radius 3 is 2.60 bits per heavy atom. The fourth-order valence-corrected chi connectivity index (χ4v) is 2.69. The molecule has 2 nitrogen and oxygen atoms in total. The van der Waals surface area contributed by atoms with Crippen LogP contribution in [0.3, 0.4) is 0 Å². The molecule has 1 heterocycles. The zero-order valence-corrected chi connectivity index (χ0v) is 9.79. The summed E-state index contributed by atoms with van der Waals surface area (Å²) in [4.78, 5) is 1.81. The molecule has 0 aromatic carbocycles. The maximum absolute atomic E-state index is 12.0. The first kappa shape index (κ1) is 13.1. The van der Waals surface area contributed by atoms with E-state index in [9.17, 15) is 13.2 Å². The Labute approximate surface area is 92.6 Å². The highest BCUT2D eigenvalue weighted by atomic mass is 32.2. The molecular weight excluding hydrogens is 225 g/mol. The van der Waals surface area contributed by atoms with Crippen LogP contribution >= 0.6 is 11.8 Å². The number of alkyl halides is 3. The van der Waals surface area contributed by atoms with Crippen molar-refractivity contribution in [2.45, 2.75) is 23.9 Å². The molecule has 1 fully saturated rings. The van der Waals surface area contributed by atoms with Crippen LogP contribution in [0.4, 0.5) is 13.2 Å². The molecule has 15 heavy (non-hydrogen) atoms. The third kappa shape index (κ3) is 4.20. The highest BCUT2D eigenvalue weighted by molar-refractivity contribution is 7.99. The van der Waals surface area contributed by atoms with E-state index < -0.39 is 12.6 Å². The minimum atomic E-state index is -4.05. The van der Waals surface area contributed by atoms with Gasteiger partial charge in [0.2, 0.25) is 0 Å². The topological polar surface area (TPSA) is 15.3 Å². The van der Waals surface area contributed by atoms with Crippen molar-refractivity contribution in [3.63, 3.8) is 0 Å². The maximum atomic E-state index is 12.0. The maximum Gasteiger partial charge on any atom is 0.390 e. The van der Waals surface area contributed by atoms with Crippen LogP contribution in [-0.4, -0.2) is 55.3 Å². The first-order chi connectivity index (χ1) is 6.94. The third-order valence-electron chi connectivity index (χ3n) is 2.75. The number of rotatable bonds is 4. The first-order valence-electron chi connectivity index (χ1n) is 4.94. The number of nitrogens with zero attached hydrogens (tertiary/aromatic N) is 1. The summed E-state index contributed by atoms with van der Waals surface area (Å²) in [6.07, 6.45) is -2.77. The molecule has 1 aliphatic heterocycles. The van der Waals surface area contributed by atoms with Gasteiger partial charge < -0.3 is 10.2 Å². The fraction of sp³-hybridized carbons (Fsp3) is 1.00. The molecule has 0 amide bonds. The Morgan fingerprint density at radius 1 is 1.40 bits per heavy atom. The second-order valence-corrected chi connectivity index (χ2v) is 4.92. The van der Waals surface area contributed by atoms with Gasteiger partial charge in [0.25, 0.3) is 0 Å². The molecular formula is C9H17F3N2S. The molecule has 2 unspecified atom stereocenters. The number of hydrogen-bond donors (Lipinski definition) is 1. The van der Waals surface area contributed by atoms with E-state index in [1.807, 2.05) is 11.2 Å². The van der Waals surface area contributed by atoms with Gasteiger partial charge in [0.15, 0.2) is 0 Å². The zero-order valence-electron chi connectivity index (χ0n) is 8.97. The lowest BCUT2D eigenvalue weighted by molar-refractivity contribution is -0.138. The van der Waals surface area contributed by atoms with Crippen molar-refractivity contribution in [1.29, 1.82) is 0 Å². The molecule has 0 aromatic heterocycles. The van der Waals surface area contributed by atoms with E-state index in [2.05, 4.69) is 5.32 Å². The minimum Gasteiger partial charge on any atom is -0.314 e. The van der Waals surface area contributed by atoms with Gasteiger partial charge in [-0.1, -0.05) is 0 Å². The zero-order chi connectivity index (χ0) is 11.5. The molecule has 0 aromatic rings. The second kappa shape index (κ2) is 5.41. The van der Waals surface area contributed by atoms with E-state index in [0.717, 1.165) is 13.1 Å². The quantitative estimate of drug-likeness (QED) is 0.805. The molecule has 2 atom stereocenters. The lowest BCUT2D eigenvalue weighted by Gasteiger charge is -2.28. The number of likely N-dealkylation sites (N-methyl/N-ethyl adjacent to an activating group) is 1. The molecule has 1 N–H and O–H groups in total. The average Bonchev–Trinajstić information content (AvgIpc) is 2.60. The monoisotopic (exact) mass is 242 g/mol. The van der Waals surface area contributed by atoms with Crippen LogP contribution < -0.4 is 5.32 Å². The smallest absolute Gasteiger partial charge is 0.314 e. The lowest BCUT2D eigenvalue weighted by atomic mass is 10.2. The van der Waals surface area contributed by atoms with Crippen LogP contribution in [-0.2, 0) is 0 Å². The van der Waals surface area contributed by atoms with E-state index >= 15 is 0 Å². The summed E-state index contributed by atoms with van der Waals surface area (Å²) in [6, 6.07) is 0.224. The van der Waals surface area contributed by atoms with Crippen molar-refractivity contribution in [1.82, 2.24) is 10.2 Å². The summed E-state index contributed by atoms with van der Waals surface area (Å²) in [5, 5.41) is 3.61.